The van der Waals surface area contributed by atoms with E-state index in [0.29, 0.717) is 11.4 Å². The molecule has 0 saturated carbocycles. The van der Waals surface area contributed by atoms with Crippen molar-refractivity contribution < 1.29 is 22.5 Å². The van der Waals surface area contributed by atoms with Gasteiger partial charge in [0.05, 0.1) is 5.56 Å². The Labute approximate surface area is 153 Å². The molecule has 2 aromatic carbocycles. The highest BCUT2D eigenvalue weighted by Gasteiger charge is 2.29. The number of amides is 1. The maximum Gasteiger partial charge on any atom is 0.416 e. The summed E-state index contributed by atoms with van der Waals surface area (Å²) in [5, 5.41) is 6.46. The van der Waals surface area contributed by atoms with Gasteiger partial charge in [0.1, 0.15) is 6.42 Å². The maximum absolute atomic E-state index is 12.5. The second kappa shape index (κ2) is 7.61. The number of aromatic nitrogens is 2. The molecule has 0 aliphatic heterocycles. The molecule has 1 amide bonds. The maximum atomic E-state index is 12.5. The van der Waals surface area contributed by atoms with Gasteiger partial charge in [0.15, 0.2) is 0 Å². The molecule has 0 aliphatic rings. The summed E-state index contributed by atoms with van der Waals surface area (Å²) in [6.07, 6.45) is -4.49. The number of alkyl halides is 3. The summed E-state index contributed by atoms with van der Waals surface area (Å²) in [4.78, 5) is 16.2. The highest BCUT2D eigenvalue weighted by atomic mass is 19.4. The fraction of sp³-hybridized carbons (Fsp3) is 0.211. The van der Waals surface area contributed by atoms with E-state index in [-0.39, 0.29) is 24.8 Å². The first-order chi connectivity index (χ1) is 12.8. The van der Waals surface area contributed by atoms with Gasteiger partial charge in [-0.3, -0.25) is 4.79 Å². The molecule has 140 valence electrons. The number of halogens is 3. The molecule has 1 N–H and O–H groups in total. The van der Waals surface area contributed by atoms with E-state index in [1.165, 1.54) is 12.1 Å². The van der Waals surface area contributed by atoms with E-state index in [4.69, 9.17) is 4.52 Å². The van der Waals surface area contributed by atoms with Gasteiger partial charge in [0.25, 0.3) is 0 Å². The van der Waals surface area contributed by atoms with E-state index < -0.39 is 11.7 Å². The molecule has 0 fully saturated rings. The molecule has 3 aromatic rings. The van der Waals surface area contributed by atoms with Crippen molar-refractivity contribution in [2.75, 3.05) is 0 Å². The second-order valence-corrected chi connectivity index (χ2v) is 6.03. The molecule has 0 aliphatic carbocycles. The number of carbonyl (C=O) groups is 1. The highest BCUT2D eigenvalue weighted by Crippen LogP contribution is 2.29. The van der Waals surface area contributed by atoms with Crippen molar-refractivity contribution in [3.8, 4) is 11.4 Å². The van der Waals surface area contributed by atoms with Crippen molar-refractivity contribution in [3.05, 3.63) is 71.1 Å². The average Bonchev–Trinajstić information content (AvgIpc) is 3.08. The SMILES string of the molecule is Cc1ccc(-c2noc(CC(=O)NCc3ccc(C(F)(F)F)cc3)n2)cc1. The number of aryl methyl sites for hydroxylation is 1. The van der Waals surface area contributed by atoms with Gasteiger partial charge in [-0.1, -0.05) is 47.1 Å². The Bertz CT molecular complexity index is 917. The van der Waals surface area contributed by atoms with Crippen LogP contribution in [0.3, 0.4) is 0 Å². The first-order valence-corrected chi connectivity index (χ1v) is 8.14. The summed E-state index contributed by atoms with van der Waals surface area (Å²) in [7, 11) is 0. The highest BCUT2D eigenvalue weighted by molar-refractivity contribution is 5.77. The number of benzene rings is 2. The molecule has 1 aromatic heterocycles. The molecule has 0 atom stereocenters. The average molecular weight is 375 g/mol. The Morgan fingerprint density at radius 2 is 1.74 bits per heavy atom. The number of nitrogens with zero attached hydrogens (tertiary/aromatic N) is 2. The molecular formula is C19H16F3N3O2. The van der Waals surface area contributed by atoms with Crippen molar-refractivity contribution in [3.63, 3.8) is 0 Å². The minimum absolute atomic E-state index is 0.107. The third-order valence-corrected chi connectivity index (χ3v) is 3.86. The Morgan fingerprint density at radius 3 is 2.37 bits per heavy atom. The Balaban J connectivity index is 1.54. The van der Waals surface area contributed by atoms with E-state index in [0.717, 1.165) is 23.3 Å². The number of hydrogen-bond acceptors (Lipinski definition) is 4. The quantitative estimate of drug-likeness (QED) is 0.734. The number of hydrogen-bond donors (Lipinski definition) is 1. The third kappa shape index (κ3) is 4.93. The van der Waals surface area contributed by atoms with Gasteiger partial charge in [-0.25, -0.2) is 0 Å². The van der Waals surface area contributed by atoms with Crippen LogP contribution in [0.15, 0.2) is 53.1 Å². The summed E-state index contributed by atoms with van der Waals surface area (Å²) >= 11 is 0. The van der Waals surface area contributed by atoms with E-state index >= 15 is 0 Å². The summed E-state index contributed by atoms with van der Waals surface area (Å²) in [5.41, 5.74) is 1.71. The second-order valence-electron chi connectivity index (χ2n) is 6.03. The minimum Gasteiger partial charge on any atom is -0.352 e. The standard InChI is InChI=1S/C19H16F3N3O2/c1-12-2-6-14(7-3-12)18-24-17(27-25-18)10-16(26)23-11-13-4-8-15(9-5-13)19(20,21)22/h2-9H,10-11H2,1H3,(H,23,26). The lowest BCUT2D eigenvalue weighted by molar-refractivity contribution is -0.137. The lowest BCUT2D eigenvalue weighted by Crippen LogP contribution is -2.24. The van der Waals surface area contributed by atoms with Gasteiger partial charge < -0.3 is 9.84 Å². The molecule has 0 spiro atoms. The van der Waals surface area contributed by atoms with Gasteiger partial charge >= 0.3 is 6.18 Å². The van der Waals surface area contributed by atoms with Gasteiger partial charge in [0, 0.05) is 12.1 Å². The number of rotatable bonds is 5. The molecule has 8 heteroatoms. The largest absolute Gasteiger partial charge is 0.416 e. The zero-order chi connectivity index (χ0) is 19.4. The lowest BCUT2D eigenvalue weighted by Gasteiger charge is -2.08. The summed E-state index contributed by atoms with van der Waals surface area (Å²) in [6, 6.07) is 12.2. The van der Waals surface area contributed by atoms with E-state index in [1.54, 1.807) is 0 Å². The number of carbonyl (C=O) groups excluding carboxylic acids is 1. The van der Waals surface area contributed by atoms with Crippen LogP contribution in [0, 0.1) is 6.92 Å². The zero-order valence-electron chi connectivity index (χ0n) is 14.4. The fourth-order valence-electron chi connectivity index (χ4n) is 2.36. The van der Waals surface area contributed by atoms with Crippen LogP contribution in [-0.2, 0) is 23.9 Å². The molecular weight excluding hydrogens is 359 g/mol. The zero-order valence-corrected chi connectivity index (χ0v) is 14.4. The molecule has 0 saturated heterocycles. The van der Waals surface area contributed by atoms with Crippen LogP contribution < -0.4 is 5.32 Å². The van der Waals surface area contributed by atoms with Crippen molar-refractivity contribution in [1.29, 1.82) is 0 Å². The first kappa shape index (κ1) is 18.6. The van der Waals surface area contributed by atoms with Crippen LogP contribution in [-0.4, -0.2) is 16.0 Å². The molecule has 0 unspecified atom stereocenters. The molecule has 27 heavy (non-hydrogen) atoms. The predicted molar refractivity (Wildman–Crippen MR) is 91.5 cm³/mol. The van der Waals surface area contributed by atoms with Crippen LogP contribution in [0.4, 0.5) is 13.2 Å². The van der Waals surface area contributed by atoms with Crippen molar-refractivity contribution >= 4 is 5.91 Å². The Kier molecular flexibility index (Phi) is 5.25. The summed E-state index contributed by atoms with van der Waals surface area (Å²) < 4.78 is 42.7. The first-order valence-electron chi connectivity index (χ1n) is 8.14. The van der Waals surface area contributed by atoms with Crippen LogP contribution in [0.5, 0.6) is 0 Å². The van der Waals surface area contributed by atoms with Gasteiger partial charge in [-0.05, 0) is 24.6 Å². The summed E-state index contributed by atoms with van der Waals surface area (Å²) in [6.45, 7) is 2.07. The topological polar surface area (TPSA) is 68.0 Å². The van der Waals surface area contributed by atoms with Crippen molar-refractivity contribution in [1.82, 2.24) is 15.5 Å². The van der Waals surface area contributed by atoms with Gasteiger partial charge in [-0.15, -0.1) is 0 Å². The number of nitrogens with one attached hydrogen (secondary N) is 1. The van der Waals surface area contributed by atoms with E-state index in [2.05, 4.69) is 15.5 Å². The molecule has 3 rings (SSSR count). The lowest BCUT2D eigenvalue weighted by atomic mass is 10.1. The Hall–Kier alpha value is -3.16. The molecule has 0 bridgehead atoms. The third-order valence-electron chi connectivity index (χ3n) is 3.86. The Morgan fingerprint density at radius 1 is 1.07 bits per heavy atom. The molecule has 0 radical (unpaired) electrons. The summed E-state index contributed by atoms with van der Waals surface area (Å²) in [5.74, 6) is 0.185. The van der Waals surface area contributed by atoms with Crippen molar-refractivity contribution in [2.45, 2.75) is 26.1 Å². The van der Waals surface area contributed by atoms with Crippen molar-refractivity contribution in [2.24, 2.45) is 0 Å². The normalized spacial score (nSPS) is 11.4. The van der Waals surface area contributed by atoms with E-state index in [9.17, 15) is 18.0 Å². The van der Waals surface area contributed by atoms with Gasteiger partial charge in [0.2, 0.25) is 17.6 Å². The minimum atomic E-state index is -4.38. The fourth-order valence-corrected chi connectivity index (χ4v) is 2.36. The van der Waals surface area contributed by atoms with Crippen LogP contribution >= 0.6 is 0 Å². The van der Waals surface area contributed by atoms with Crippen LogP contribution in [0.25, 0.3) is 11.4 Å². The molecule has 1 heterocycles. The molecule has 5 nitrogen and oxygen atoms in total. The van der Waals surface area contributed by atoms with Gasteiger partial charge in [-0.2, -0.15) is 18.2 Å². The monoisotopic (exact) mass is 375 g/mol. The van der Waals surface area contributed by atoms with Crippen LogP contribution in [0.1, 0.15) is 22.6 Å². The predicted octanol–water partition coefficient (Wildman–Crippen LogP) is 3.92. The van der Waals surface area contributed by atoms with Crippen LogP contribution in [0.2, 0.25) is 0 Å². The van der Waals surface area contributed by atoms with E-state index in [1.807, 2.05) is 31.2 Å². The smallest absolute Gasteiger partial charge is 0.352 e.